The van der Waals surface area contributed by atoms with Crippen molar-refractivity contribution >= 4 is 27.9 Å². The lowest BCUT2D eigenvalue weighted by atomic mass is 10.2. The molecule has 88 valence electrons. The number of thiazole rings is 1. The van der Waals surface area contributed by atoms with E-state index in [0.29, 0.717) is 11.7 Å². The van der Waals surface area contributed by atoms with Crippen molar-refractivity contribution in [3.05, 3.63) is 22.4 Å². The molecule has 0 aromatic carbocycles. The summed E-state index contributed by atoms with van der Waals surface area (Å²) in [4.78, 5) is 5.16. The molecule has 0 radical (unpaired) electrons. The number of hydrogen-bond donors (Lipinski definition) is 2. The average molecular weight is 260 g/mol. The van der Waals surface area contributed by atoms with Gasteiger partial charge in [0.1, 0.15) is 0 Å². The van der Waals surface area contributed by atoms with E-state index >= 15 is 0 Å². The highest BCUT2D eigenvalue weighted by Gasteiger charge is 2.10. The van der Waals surface area contributed by atoms with Gasteiger partial charge in [-0.05, 0) is 5.92 Å². The molecule has 1 unspecified atom stereocenters. The number of fused-ring (bicyclic) bond motifs is 1. The molecule has 0 bridgehead atoms. The molecule has 0 aliphatic heterocycles. The van der Waals surface area contributed by atoms with Gasteiger partial charge in [-0.1, -0.05) is 18.5 Å². The fourth-order valence-electron chi connectivity index (χ4n) is 1.47. The first-order valence-electron chi connectivity index (χ1n) is 5.14. The fourth-order valence-corrected chi connectivity index (χ4v) is 2.49. The zero-order valence-electron chi connectivity index (χ0n) is 8.98. The number of rotatable bonds is 5. The number of aliphatic hydroxyl groups is 1. The van der Waals surface area contributed by atoms with Crippen molar-refractivity contribution in [1.29, 1.82) is 0 Å². The van der Waals surface area contributed by atoms with E-state index in [1.807, 2.05) is 22.9 Å². The number of imidazole rings is 1. The second-order valence-electron chi connectivity index (χ2n) is 3.82. The Morgan fingerprint density at radius 3 is 3.25 bits per heavy atom. The van der Waals surface area contributed by atoms with Gasteiger partial charge in [0.05, 0.1) is 5.69 Å². The summed E-state index contributed by atoms with van der Waals surface area (Å²) in [6.07, 6.45) is 1.96. The molecule has 2 rings (SSSR count). The molecule has 0 fully saturated rings. The van der Waals surface area contributed by atoms with Gasteiger partial charge in [-0.2, -0.15) is 0 Å². The Labute approximate surface area is 103 Å². The van der Waals surface area contributed by atoms with Gasteiger partial charge < -0.3 is 10.4 Å². The van der Waals surface area contributed by atoms with E-state index in [1.165, 1.54) is 0 Å². The van der Waals surface area contributed by atoms with Gasteiger partial charge in [0.25, 0.3) is 0 Å². The van der Waals surface area contributed by atoms with Crippen molar-refractivity contribution in [2.75, 3.05) is 13.2 Å². The van der Waals surface area contributed by atoms with Crippen LogP contribution < -0.4 is 5.32 Å². The average Bonchev–Trinajstić information content (AvgIpc) is 2.81. The summed E-state index contributed by atoms with van der Waals surface area (Å²) in [6.45, 7) is 3.62. The summed E-state index contributed by atoms with van der Waals surface area (Å²) in [5.74, 6) is 0.254. The Morgan fingerprint density at radius 2 is 2.50 bits per heavy atom. The molecule has 2 aromatic rings. The highest BCUT2D eigenvalue weighted by Crippen LogP contribution is 2.20. The number of hydrogen-bond acceptors (Lipinski definition) is 4. The molecule has 1 atom stereocenters. The molecule has 16 heavy (non-hydrogen) atoms. The standard InChI is InChI=1S/C10H14ClN3OS/c1-7(6-15)4-12-5-8-9(11)13-10-14(8)2-3-16-10/h2-3,7,12,15H,4-6H2,1H3. The van der Waals surface area contributed by atoms with Gasteiger partial charge >= 0.3 is 0 Å². The Bertz CT molecular complexity index is 468. The predicted molar refractivity (Wildman–Crippen MR) is 66.0 cm³/mol. The topological polar surface area (TPSA) is 49.6 Å². The van der Waals surface area contributed by atoms with Crippen LogP contribution in [-0.4, -0.2) is 27.6 Å². The molecular weight excluding hydrogens is 246 g/mol. The fraction of sp³-hybridized carbons (Fsp3) is 0.500. The largest absolute Gasteiger partial charge is 0.396 e. The van der Waals surface area contributed by atoms with Crippen LogP contribution in [0.25, 0.3) is 4.96 Å². The van der Waals surface area contributed by atoms with Gasteiger partial charge in [-0.3, -0.25) is 4.40 Å². The maximum atomic E-state index is 8.90. The van der Waals surface area contributed by atoms with E-state index in [9.17, 15) is 0 Å². The van der Waals surface area contributed by atoms with Crippen LogP contribution in [0.15, 0.2) is 11.6 Å². The molecule has 0 saturated carbocycles. The van der Waals surface area contributed by atoms with E-state index in [2.05, 4.69) is 10.3 Å². The Morgan fingerprint density at radius 1 is 1.69 bits per heavy atom. The monoisotopic (exact) mass is 259 g/mol. The van der Waals surface area contributed by atoms with Crippen molar-refractivity contribution in [2.45, 2.75) is 13.5 Å². The van der Waals surface area contributed by atoms with E-state index < -0.39 is 0 Å². The van der Waals surface area contributed by atoms with E-state index in [4.69, 9.17) is 16.7 Å². The summed E-state index contributed by atoms with van der Waals surface area (Å²) < 4.78 is 1.99. The number of aliphatic hydroxyl groups excluding tert-OH is 1. The quantitative estimate of drug-likeness (QED) is 0.861. The molecule has 4 nitrogen and oxygen atoms in total. The summed E-state index contributed by atoms with van der Waals surface area (Å²) in [6, 6.07) is 0. The summed E-state index contributed by atoms with van der Waals surface area (Å²) in [5, 5.41) is 14.7. The van der Waals surface area contributed by atoms with Crippen LogP contribution >= 0.6 is 22.9 Å². The summed E-state index contributed by atoms with van der Waals surface area (Å²) >= 11 is 7.61. The first-order chi connectivity index (χ1) is 7.72. The first kappa shape index (κ1) is 11.9. The normalized spacial score (nSPS) is 13.4. The minimum atomic E-state index is 0.195. The smallest absolute Gasteiger partial charge is 0.195 e. The zero-order chi connectivity index (χ0) is 11.5. The molecule has 0 aliphatic rings. The first-order valence-corrected chi connectivity index (χ1v) is 6.39. The molecule has 0 aliphatic carbocycles. The SMILES string of the molecule is CC(CO)CNCc1c(Cl)nc2sccn12. The molecule has 2 aromatic heterocycles. The number of aromatic nitrogens is 2. The molecule has 6 heteroatoms. The second-order valence-corrected chi connectivity index (χ2v) is 5.05. The molecule has 2 N–H and O–H groups in total. The van der Waals surface area contributed by atoms with Crippen LogP contribution in [-0.2, 0) is 6.54 Å². The second kappa shape index (κ2) is 5.14. The van der Waals surface area contributed by atoms with Crippen LogP contribution in [0.5, 0.6) is 0 Å². The minimum Gasteiger partial charge on any atom is -0.396 e. The van der Waals surface area contributed by atoms with E-state index in [1.54, 1.807) is 11.3 Å². The van der Waals surface area contributed by atoms with Crippen molar-refractivity contribution < 1.29 is 5.11 Å². The maximum Gasteiger partial charge on any atom is 0.195 e. The van der Waals surface area contributed by atoms with Gasteiger partial charge in [-0.25, -0.2) is 4.98 Å². The Balaban J connectivity index is 2.03. The molecule has 0 spiro atoms. The van der Waals surface area contributed by atoms with Crippen LogP contribution in [0.3, 0.4) is 0 Å². The maximum absolute atomic E-state index is 8.90. The van der Waals surface area contributed by atoms with Crippen molar-refractivity contribution in [3.8, 4) is 0 Å². The lowest BCUT2D eigenvalue weighted by Crippen LogP contribution is -2.23. The summed E-state index contributed by atoms with van der Waals surface area (Å²) in [5.41, 5.74) is 0.975. The summed E-state index contributed by atoms with van der Waals surface area (Å²) in [7, 11) is 0. The van der Waals surface area contributed by atoms with Crippen LogP contribution in [0.1, 0.15) is 12.6 Å². The third-order valence-corrected chi connectivity index (χ3v) is 3.47. The minimum absolute atomic E-state index is 0.195. The molecule has 0 saturated heterocycles. The number of nitrogens with one attached hydrogen (secondary N) is 1. The Hall–Kier alpha value is -0.620. The zero-order valence-corrected chi connectivity index (χ0v) is 10.6. The van der Waals surface area contributed by atoms with Crippen LogP contribution in [0.4, 0.5) is 0 Å². The van der Waals surface area contributed by atoms with Gasteiger partial charge in [-0.15, -0.1) is 11.3 Å². The van der Waals surface area contributed by atoms with Crippen LogP contribution in [0, 0.1) is 5.92 Å². The molecule has 2 heterocycles. The lowest BCUT2D eigenvalue weighted by molar-refractivity contribution is 0.233. The highest BCUT2D eigenvalue weighted by atomic mass is 35.5. The van der Waals surface area contributed by atoms with E-state index in [-0.39, 0.29) is 12.5 Å². The van der Waals surface area contributed by atoms with E-state index in [0.717, 1.165) is 17.2 Å². The third kappa shape index (κ3) is 2.38. The van der Waals surface area contributed by atoms with Crippen molar-refractivity contribution in [3.63, 3.8) is 0 Å². The van der Waals surface area contributed by atoms with Crippen molar-refractivity contribution in [2.24, 2.45) is 5.92 Å². The Kier molecular flexibility index (Phi) is 3.81. The molecule has 0 amide bonds. The van der Waals surface area contributed by atoms with Gasteiger partial charge in [0.2, 0.25) is 0 Å². The number of nitrogens with zero attached hydrogens (tertiary/aromatic N) is 2. The van der Waals surface area contributed by atoms with Crippen LogP contribution in [0.2, 0.25) is 5.15 Å². The third-order valence-electron chi connectivity index (χ3n) is 2.41. The van der Waals surface area contributed by atoms with Gasteiger partial charge in [0.15, 0.2) is 10.1 Å². The van der Waals surface area contributed by atoms with Crippen molar-refractivity contribution in [1.82, 2.24) is 14.7 Å². The number of halogens is 1. The molecular formula is C10H14ClN3OS. The highest BCUT2D eigenvalue weighted by molar-refractivity contribution is 7.15. The predicted octanol–water partition coefficient (Wildman–Crippen LogP) is 1.77. The lowest BCUT2D eigenvalue weighted by Gasteiger charge is -2.08. The van der Waals surface area contributed by atoms with Gasteiger partial charge in [0, 0.05) is 31.3 Å².